The molecule has 2 aliphatic heterocycles. The van der Waals surface area contributed by atoms with Gasteiger partial charge in [-0.15, -0.1) is 0 Å². The standard InChI is InChI=1S/C15H14F3N3O4/c16-15(17,18)9-3-4-19-11(5-9)25-10-6-20(7-10)14(24)8-21-12(22)1-2-13(21)23/h3-5,10H,1-2,6-8H2. The third kappa shape index (κ3) is 3.72. The molecule has 2 fully saturated rings. The lowest BCUT2D eigenvalue weighted by molar-refractivity contribution is -0.149. The summed E-state index contributed by atoms with van der Waals surface area (Å²) < 4.78 is 43.2. The molecule has 2 saturated heterocycles. The molecule has 0 aliphatic carbocycles. The lowest BCUT2D eigenvalue weighted by Gasteiger charge is -2.39. The maximum absolute atomic E-state index is 12.6. The van der Waals surface area contributed by atoms with E-state index in [1.165, 1.54) is 4.90 Å². The highest BCUT2D eigenvalue weighted by Crippen LogP contribution is 2.31. The van der Waals surface area contributed by atoms with Crippen molar-refractivity contribution in [2.24, 2.45) is 0 Å². The van der Waals surface area contributed by atoms with Crippen LogP contribution in [0.4, 0.5) is 13.2 Å². The number of imide groups is 1. The van der Waals surface area contributed by atoms with Crippen LogP contribution in [0.3, 0.4) is 0 Å². The number of nitrogens with zero attached hydrogens (tertiary/aromatic N) is 3. The lowest BCUT2D eigenvalue weighted by Crippen LogP contribution is -2.58. The van der Waals surface area contributed by atoms with Crippen LogP contribution in [-0.2, 0) is 20.6 Å². The molecular formula is C15H14F3N3O4. The van der Waals surface area contributed by atoms with Crippen LogP contribution < -0.4 is 4.74 Å². The summed E-state index contributed by atoms with van der Waals surface area (Å²) in [7, 11) is 0. The van der Waals surface area contributed by atoms with E-state index in [4.69, 9.17) is 4.74 Å². The second kappa shape index (κ2) is 6.34. The molecule has 10 heteroatoms. The van der Waals surface area contributed by atoms with Crippen molar-refractivity contribution >= 4 is 17.7 Å². The summed E-state index contributed by atoms with van der Waals surface area (Å²) in [6.45, 7) is 0.00611. The zero-order valence-corrected chi connectivity index (χ0v) is 13.0. The molecule has 0 saturated carbocycles. The van der Waals surface area contributed by atoms with Gasteiger partial charge in [-0.25, -0.2) is 4.98 Å². The van der Waals surface area contributed by atoms with Crippen LogP contribution in [0.1, 0.15) is 18.4 Å². The Balaban J connectivity index is 1.50. The Morgan fingerprint density at radius 1 is 1.24 bits per heavy atom. The van der Waals surface area contributed by atoms with Gasteiger partial charge in [0.05, 0.1) is 18.7 Å². The third-order valence-electron chi connectivity index (χ3n) is 4.00. The third-order valence-corrected chi connectivity index (χ3v) is 4.00. The zero-order chi connectivity index (χ0) is 18.2. The van der Waals surface area contributed by atoms with Crippen LogP contribution in [0, 0.1) is 0 Å². The molecule has 0 bridgehead atoms. The van der Waals surface area contributed by atoms with Gasteiger partial charge < -0.3 is 9.64 Å². The molecule has 0 radical (unpaired) electrons. The Hall–Kier alpha value is -2.65. The molecule has 3 heterocycles. The number of rotatable bonds is 4. The predicted octanol–water partition coefficient (Wildman–Crippen LogP) is 0.839. The van der Waals surface area contributed by atoms with E-state index in [1.807, 2.05) is 0 Å². The van der Waals surface area contributed by atoms with Crippen LogP contribution in [0.25, 0.3) is 0 Å². The Kier molecular flexibility index (Phi) is 4.36. The number of carbonyl (C=O) groups is 3. The van der Waals surface area contributed by atoms with Crippen molar-refractivity contribution in [3.63, 3.8) is 0 Å². The molecule has 0 N–H and O–H groups in total. The summed E-state index contributed by atoms with van der Waals surface area (Å²) >= 11 is 0. The molecule has 3 amide bonds. The highest BCUT2D eigenvalue weighted by molar-refractivity contribution is 6.04. The highest BCUT2D eigenvalue weighted by Gasteiger charge is 2.37. The van der Waals surface area contributed by atoms with Crippen molar-refractivity contribution in [2.45, 2.75) is 25.1 Å². The average molecular weight is 357 g/mol. The molecule has 0 aromatic carbocycles. The maximum atomic E-state index is 12.6. The zero-order valence-electron chi connectivity index (χ0n) is 13.0. The van der Waals surface area contributed by atoms with Gasteiger partial charge in [-0.1, -0.05) is 0 Å². The topological polar surface area (TPSA) is 79.8 Å². The monoisotopic (exact) mass is 357 g/mol. The van der Waals surface area contributed by atoms with Gasteiger partial charge >= 0.3 is 6.18 Å². The number of hydrogen-bond donors (Lipinski definition) is 0. The Labute approximate surface area is 140 Å². The van der Waals surface area contributed by atoms with Gasteiger partial charge in [-0.05, 0) is 6.07 Å². The summed E-state index contributed by atoms with van der Waals surface area (Å²) in [6, 6.07) is 1.64. The first-order valence-corrected chi connectivity index (χ1v) is 7.55. The van der Waals surface area contributed by atoms with E-state index in [0.717, 1.165) is 23.2 Å². The van der Waals surface area contributed by atoms with Crippen LogP contribution in [-0.4, -0.2) is 58.2 Å². The number of ether oxygens (including phenoxy) is 1. The van der Waals surface area contributed by atoms with Gasteiger partial charge in [-0.3, -0.25) is 19.3 Å². The summed E-state index contributed by atoms with van der Waals surface area (Å²) in [5, 5.41) is 0. The van der Waals surface area contributed by atoms with E-state index < -0.39 is 23.8 Å². The largest absolute Gasteiger partial charge is 0.471 e. The quantitative estimate of drug-likeness (QED) is 0.746. The minimum atomic E-state index is -4.49. The number of halogens is 3. The molecule has 7 nitrogen and oxygen atoms in total. The smallest absolute Gasteiger partial charge is 0.416 e. The number of alkyl halides is 3. The first-order chi connectivity index (χ1) is 11.7. The predicted molar refractivity (Wildman–Crippen MR) is 76.2 cm³/mol. The fraction of sp³-hybridized carbons (Fsp3) is 0.467. The van der Waals surface area contributed by atoms with E-state index in [9.17, 15) is 27.6 Å². The summed E-state index contributed by atoms with van der Waals surface area (Å²) in [6.07, 6.45) is -3.75. The first kappa shape index (κ1) is 17.2. The minimum Gasteiger partial charge on any atom is -0.471 e. The van der Waals surface area contributed by atoms with Crippen molar-refractivity contribution in [3.8, 4) is 5.88 Å². The lowest BCUT2D eigenvalue weighted by atomic mass is 10.1. The Morgan fingerprint density at radius 3 is 2.48 bits per heavy atom. The number of likely N-dealkylation sites (tertiary alicyclic amines) is 2. The molecule has 0 spiro atoms. The van der Waals surface area contributed by atoms with Crippen molar-refractivity contribution < 1.29 is 32.3 Å². The van der Waals surface area contributed by atoms with Crippen LogP contribution >= 0.6 is 0 Å². The van der Waals surface area contributed by atoms with Gasteiger partial charge in [0.15, 0.2) is 0 Å². The molecule has 0 unspecified atom stereocenters. The summed E-state index contributed by atoms with van der Waals surface area (Å²) in [5.74, 6) is -1.32. The molecule has 25 heavy (non-hydrogen) atoms. The normalized spacial score (nSPS) is 18.5. The Morgan fingerprint density at radius 2 is 1.88 bits per heavy atom. The van der Waals surface area contributed by atoms with E-state index in [-0.39, 0.29) is 50.2 Å². The van der Waals surface area contributed by atoms with Crippen molar-refractivity contribution in [2.75, 3.05) is 19.6 Å². The second-order valence-electron chi connectivity index (χ2n) is 5.79. The average Bonchev–Trinajstić information content (AvgIpc) is 2.81. The van der Waals surface area contributed by atoms with Gasteiger partial charge in [0.2, 0.25) is 23.6 Å². The molecule has 1 aromatic heterocycles. The molecule has 134 valence electrons. The second-order valence-corrected chi connectivity index (χ2v) is 5.79. The van der Waals surface area contributed by atoms with Crippen LogP contribution in [0.5, 0.6) is 5.88 Å². The van der Waals surface area contributed by atoms with Gasteiger partial charge in [-0.2, -0.15) is 13.2 Å². The van der Waals surface area contributed by atoms with E-state index in [0.29, 0.717) is 0 Å². The van der Waals surface area contributed by atoms with Gasteiger partial charge in [0.1, 0.15) is 12.6 Å². The van der Waals surface area contributed by atoms with Gasteiger partial charge in [0, 0.05) is 25.1 Å². The number of carbonyl (C=O) groups excluding carboxylic acids is 3. The summed E-state index contributed by atoms with van der Waals surface area (Å²) in [5.41, 5.74) is -0.865. The number of amides is 3. The number of aromatic nitrogens is 1. The summed E-state index contributed by atoms with van der Waals surface area (Å²) in [4.78, 5) is 41.0. The molecule has 3 rings (SSSR count). The molecule has 0 atom stereocenters. The minimum absolute atomic E-state index is 0.110. The number of pyridine rings is 1. The van der Waals surface area contributed by atoms with Crippen molar-refractivity contribution in [1.82, 2.24) is 14.8 Å². The molecule has 2 aliphatic rings. The van der Waals surface area contributed by atoms with E-state index >= 15 is 0 Å². The fourth-order valence-corrected chi connectivity index (χ4v) is 2.57. The van der Waals surface area contributed by atoms with Crippen molar-refractivity contribution in [3.05, 3.63) is 23.9 Å². The highest BCUT2D eigenvalue weighted by atomic mass is 19.4. The SMILES string of the molecule is O=C(CN1C(=O)CCC1=O)N1CC(Oc2cc(C(F)(F)F)ccn2)C1. The van der Waals surface area contributed by atoms with E-state index in [1.54, 1.807) is 0 Å². The Bertz CT molecular complexity index is 700. The molecular weight excluding hydrogens is 343 g/mol. The van der Waals surface area contributed by atoms with E-state index in [2.05, 4.69) is 4.98 Å². The van der Waals surface area contributed by atoms with Gasteiger partial charge in [0.25, 0.3) is 0 Å². The van der Waals surface area contributed by atoms with Crippen molar-refractivity contribution in [1.29, 1.82) is 0 Å². The molecule has 1 aromatic rings. The van der Waals surface area contributed by atoms with Crippen LogP contribution in [0.15, 0.2) is 18.3 Å². The maximum Gasteiger partial charge on any atom is 0.416 e. The first-order valence-electron chi connectivity index (χ1n) is 7.55. The number of hydrogen-bond acceptors (Lipinski definition) is 5. The van der Waals surface area contributed by atoms with Crippen LogP contribution in [0.2, 0.25) is 0 Å². The fourth-order valence-electron chi connectivity index (χ4n) is 2.57.